The number of rotatable bonds is 8. The molecule has 4 N–H and O–H groups in total. The number of carboxylic acids is 2. The van der Waals surface area contributed by atoms with Crippen molar-refractivity contribution in [2.45, 2.75) is 30.0 Å². The second-order valence-corrected chi connectivity index (χ2v) is 4.20. The number of carboxylic acid groups (broad SMARTS) is 2. The molecule has 0 rings (SSSR count). The molecule has 0 aliphatic carbocycles. The van der Waals surface area contributed by atoms with Crippen LogP contribution in [0, 0.1) is 0 Å². The van der Waals surface area contributed by atoms with Gasteiger partial charge in [-0.2, -0.15) is 26.3 Å². The van der Waals surface area contributed by atoms with Crippen LogP contribution in [-0.2, 0) is 9.59 Å². The predicted molar refractivity (Wildman–Crippen MR) is 60.2 cm³/mol. The summed E-state index contributed by atoms with van der Waals surface area (Å²) in [4.78, 5) is 20.1. The van der Waals surface area contributed by atoms with Crippen molar-refractivity contribution in [1.29, 1.82) is 0 Å². The van der Waals surface area contributed by atoms with Crippen LogP contribution in [0.2, 0.25) is 0 Å². The largest absolute Gasteiger partial charge is 0.478 e. The van der Waals surface area contributed by atoms with Crippen LogP contribution < -0.4 is 0 Å². The number of alkyl halides is 6. The fourth-order valence-corrected chi connectivity index (χ4v) is 1.19. The highest BCUT2D eigenvalue weighted by Crippen LogP contribution is 2.51. The summed E-state index contributed by atoms with van der Waals surface area (Å²) in [7, 11) is 0. The Morgan fingerprint density at radius 1 is 0.826 bits per heavy atom. The molecule has 0 unspecified atom stereocenters. The highest BCUT2D eigenvalue weighted by Gasteiger charge is 2.77. The lowest BCUT2D eigenvalue weighted by molar-refractivity contribution is -0.384. The summed E-state index contributed by atoms with van der Waals surface area (Å²) in [5.74, 6) is -26.9. The maximum absolute atomic E-state index is 13.4. The molecule has 0 aromatic heterocycles. The van der Waals surface area contributed by atoms with E-state index in [9.17, 15) is 35.9 Å². The van der Waals surface area contributed by atoms with Gasteiger partial charge in [-0.05, 0) is 6.08 Å². The number of hydrogen-bond acceptors (Lipinski definition) is 4. The third-order valence-corrected chi connectivity index (χ3v) is 2.41. The van der Waals surface area contributed by atoms with E-state index >= 15 is 0 Å². The highest BCUT2D eigenvalue weighted by atomic mass is 19.3. The molecule has 6 nitrogen and oxygen atoms in total. The first-order valence-corrected chi connectivity index (χ1v) is 5.48. The predicted octanol–water partition coefficient (Wildman–Crippen LogP) is 1.24. The molecule has 23 heavy (non-hydrogen) atoms. The van der Waals surface area contributed by atoms with Crippen molar-refractivity contribution in [2.75, 3.05) is 0 Å². The van der Waals surface area contributed by atoms with E-state index < -0.39 is 48.0 Å². The Bertz CT molecular complexity index is 525. The molecule has 12 heteroatoms. The average Bonchev–Trinajstić information content (AvgIpc) is 2.35. The minimum absolute atomic E-state index is 0.00237. The van der Waals surface area contributed by atoms with Crippen LogP contribution in [0.4, 0.5) is 26.3 Å². The van der Waals surface area contributed by atoms with E-state index in [4.69, 9.17) is 20.4 Å². The SMILES string of the molecule is O=C(O)C=CCC(F)(F)C(F)(F)C(F)(F)C(O)(O)C=CC(=O)O. The van der Waals surface area contributed by atoms with Crippen molar-refractivity contribution < 1.29 is 56.4 Å². The van der Waals surface area contributed by atoms with Crippen molar-refractivity contribution in [2.24, 2.45) is 0 Å². The van der Waals surface area contributed by atoms with Gasteiger partial charge in [0.15, 0.2) is 0 Å². The molecule has 0 fully saturated rings. The average molecular weight is 352 g/mol. The van der Waals surface area contributed by atoms with Gasteiger partial charge in [-0.3, -0.25) is 0 Å². The van der Waals surface area contributed by atoms with Crippen molar-refractivity contribution >= 4 is 11.9 Å². The van der Waals surface area contributed by atoms with Gasteiger partial charge in [-0.1, -0.05) is 6.08 Å². The van der Waals surface area contributed by atoms with E-state index in [2.05, 4.69) is 0 Å². The number of hydrogen-bond donors (Lipinski definition) is 4. The maximum Gasteiger partial charge on any atom is 0.378 e. The summed E-state index contributed by atoms with van der Waals surface area (Å²) in [5, 5.41) is 33.9. The van der Waals surface area contributed by atoms with Gasteiger partial charge < -0.3 is 20.4 Å². The smallest absolute Gasteiger partial charge is 0.378 e. The van der Waals surface area contributed by atoms with Crippen LogP contribution in [0.25, 0.3) is 0 Å². The quantitative estimate of drug-likeness (QED) is 0.297. The van der Waals surface area contributed by atoms with Gasteiger partial charge >= 0.3 is 29.7 Å². The molecule has 0 radical (unpaired) electrons. The molecular weight excluding hydrogens is 342 g/mol. The highest BCUT2D eigenvalue weighted by molar-refractivity contribution is 5.80. The molecule has 0 aromatic rings. The minimum Gasteiger partial charge on any atom is -0.478 e. The summed E-state index contributed by atoms with van der Waals surface area (Å²) in [6.45, 7) is 0. The Balaban J connectivity index is 5.66. The van der Waals surface area contributed by atoms with E-state index in [1.165, 1.54) is 0 Å². The lowest BCUT2D eigenvalue weighted by Gasteiger charge is -2.37. The molecular formula is C11H10F6O6. The maximum atomic E-state index is 13.4. The molecule has 0 saturated carbocycles. The van der Waals surface area contributed by atoms with Crippen LogP contribution in [-0.4, -0.2) is 55.9 Å². The number of halogens is 6. The van der Waals surface area contributed by atoms with Gasteiger partial charge in [0.2, 0.25) is 0 Å². The van der Waals surface area contributed by atoms with Gasteiger partial charge in [0.05, 0.1) is 0 Å². The minimum atomic E-state index is -6.35. The van der Waals surface area contributed by atoms with Crippen LogP contribution in [0.15, 0.2) is 24.3 Å². The van der Waals surface area contributed by atoms with Gasteiger partial charge in [-0.15, -0.1) is 0 Å². The summed E-state index contributed by atoms with van der Waals surface area (Å²) in [5.41, 5.74) is 0. The van der Waals surface area contributed by atoms with Crippen LogP contribution in [0.5, 0.6) is 0 Å². The lowest BCUT2D eigenvalue weighted by atomic mass is 9.94. The Hall–Kier alpha value is -2.08. The fraction of sp³-hybridized carbons (Fsp3) is 0.455. The second-order valence-electron chi connectivity index (χ2n) is 4.20. The molecule has 0 atom stereocenters. The molecule has 0 aliphatic rings. The zero-order valence-electron chi connectivity index (χ0n) is 10.9. The third-order valence-electron chi connectivity index (χ3n) is 2.41. The van der Waals surface area contributed by atoms with Gasteiger partial charge in [0, 0.05) is 18.6 Å². The van der Waals surface area contributed by atoms with Gasteiger partial charge in [0.25, 0.3) is 5.79 Å². The third kappa shape index (κ3) is 4.45. The van der Waals surface area contributed by atoms with Crippen LogP contribution in [0.1, 0.15) is 6.42 Å². The Labute approximate surface area is 124 Å². The van der Waals surface area contributed by atoms with Gasteiger partial charge in [0.1, 0.15) is 0 Å². The molecule has 0 aliphatic heterocycles. The van der Waals surface area contributed by atoms with Gasteiger partial charge in [-0.25, -0.2) is 9.59 Å². The van der Waals surface area contributed by atoms with Crippen LogP contribution in [0.3, 0.4) is 0 Å². The molecule has 0 heterocycles. The van der Waals surface area contributed by atoms with E-state index in [0.717, 1.165) is 0 Å². The monoisotopic (exact) mass is 352 g/mol. The Kier molecular flexibility index (Phi) is 5.98. The lowest BCUT2D eigenvalue weighted by Crippen LogP contribution is -2.64. The molecule has 0 bridgehead atoms. The van der Waals surface area contributed by atoms with Crippen LogP contribution >= 0.6 is 0 Å². The first kappa shape index (κ1) is 20.9. The Morgan fingerprint density at radius 3 is 1.65 bits per heavy atom. The van der Waals surface area contributed by atoms with E-state index in [1.807, 2.05) is 0 Å². The molecule has 0 spiro atoms. The normalized spacial score (nSPS) is 14.6. The number of allylic oxidation sites excluding steroid dienone is 1. The summed E-state index contributed by atoms with van der Waals surface area (Å²) >= 11 is 0. The molecule has 0 aromatic carbocycles. The van der Waals surface area contributed by atoms with E-state index in [1.54, 1.807) is 0 Å². The zero-order chi connectivity index (χ0) is 18.7. The van der Waals surface area contributed by atoms with Crippen molar-refractivity contribution in [3.63, 3.8) is 0 Å². The topological polar surface area (TPSA) is 115 Å². The first-order valence-electron chi connectivity index (χ1n) is 5.48. The number of carbonyl (C=O) groups is 2. The number of aliphatic carboxylic acids is 2. The summed E-state index contributed by atoms with van der Waals surface area (Å²) in [6, 6.07) is 0. The first-order chi connectivity index (χ1) is 10.1. The zero-order valence-corrected chi connectivity index (χ0v) is 10.9. The number of aliphatic hydroxyl groups is 2. The molecule has 0 amide bonds. The van der Waals surface area contributed by atoms with Crippen molar-refractivity contribution in [3.8, 4) is 0 Å². The van der Waals surface area contributed by atoms with E-state index in [-0.39, 0.29) is 18.2 Å². The second kappa shape index (κ2) is 6.58. The summed E-state index contributed by atoms with van der Waals surface area (Å²) < 4.78 is 80.0. The van der Waals surface area contributed by atoms with Crippen molar-refractivity contribution in [1.82, 2.24) is 0 Å². The van der Waals surface area contributed by atoms with Crippen molar-refractivity contribution in [3.05, 3.63) is 24.3 Å². The Morgan fingerprint density at radius 2 is 1.26 bits per heavy atom. The standard InChI is InChI=1S/C11H10F6O6/c12-8(13,4-1-2-6(18)19)10(14,15)11(16,17)9(22,23)5-3-7(20)21/h1-3,5,22-23H,4H2,(H,18,19)(H,20,21). The molecule has 0 saturated heterocycles. The van der Waals surface area contributed by atoms with E-state index in [0.29, 0.717) is 0 Å². The summed E-state index contributed by atoms with van der Waals surface area (Å²) in [6.07, 6.45) is -3.24. The molecule has 132 valence electrons. The fourth-order valence-electron chi connectivity index (χ4n) is 1.19.